The Morgan fingerprint density at radius 2 is 1.61 bits per heavy atom. The maximum absolute atomic E-state index is 12.5. The second-order valence-electron chi connectivity index (χ2n) is 10.1. The van der Waals surface area contributed by atoms with E-state index in [0.29, 0.717) is 0 Å². The van der Waals surface area contributed by atoms with E-state index in [1.807, 2.05) is 66.7 Å². The third kappa shape index (κ3) is 6.15. The van der Waals surface area contributed by atoms with Gasteiger partial charge in [-0.2, -0.15) is 0 Å². The molecule has 7 nitrogen and oxygen atoms in total. The number of rotatable bonds is 8. The van der Waals surface area contributed by atoms with Gasteiger partial charge in [0, 0.05) is 61.9 Å². The van der Waals surface area contributed by atoms with Crippen LogP contribution in [-0.4, -0.2) is 53.5 Å². The summed E-state index contributed by atoms with van der Waals surface area (Å²) < 4.78 is 7.38. The van der Waals surface area contributed by atoms with E-state index < -0.39 is 0 Å². The summed E-state index contributed by atoms with van der Waals surface area (Å²) in [5.74, 6) is 0.600. The number of benzene rings is 3. The first-order chi connectivity index (χ1) is 20.2. The molecule has 0 aliphatic carbocycles. The highest BCUT2D eigenvalue weighted by Gasteiger charge is 2.21. The molecule has 1 fully saturated rings. The predicted molar refractivity (Wildman–Crippen MR) is 165 cm³/mol. The number of carbonyl (C=O) groups is 1. The molecule has 0 bridgehead atoms. The zero-order valence-electron chi connectivity index (χ0n) is 23.1. The molecule has 206 valence electrons. The van der Waals surface area contributed by atoms with E-state index in [2.05, 4.69) is 56.0 Å². The Balaban J connectivity index is 1.15. The highest BCUT2D eigenvalue weighted by Crippen LogP contribution is 2.28. The third-order valence-electron chi connectivity index (χ3n) is 7.46. The van der Waals surface area contributed by atoms with Crippen molar-refractivity contribution in [3.63, 3.8) is 0 Å². The molecular formula is C34H33N5O2. The number of para-hydroxylation sites is 1. The molecule has 0 unspecified atom stereocenters. The highest BCUT2D eigenvalue weighted by molar-refractivity contribution is 6.02. The molecule has 1 aliphatic rings. The lowest BCUT2D eigenvalue weighted by atomic mass is 10.1. The largest absolute Gasteiger partial charge is 0.497 e. The van der Waals surface area contributed by atoms with Crippen LogP contribution in [0.4, 0.5) is 11.4 Å². The van der Waals surface area contributed by atoms with Gasteiger partial charge in [0.15, 0.2) is 0 Å². The van der Waals surface area contributed by atoms with Crippen LogP contribution in [0.1, 0.15) is 11.3 Å². The number of hydrogen-bond donors (Lipinski definition) is 1. The number of aromatic nitrogens is 2. The van der Waals surface area contributed by atoms with Crippen LogP contribution < -0.4 is 15.0 Å². The standard InChI is InChI=1S/C34H33N5O2/c1-41-30-17-10-26(11-18-30)12-19-33(40)35-28-15-13-27(14-16-28)34-31(39-20-6-5-9-32(39)36-34)25-37-21-23-38(24-22-37)29-7-3-2-4-8-29/h2-20H,21-25H2,1H3,(H,35,40)/b19-12+. The van der Waals surface area contributed by atoms with Crippen molar-refractivity contribution >= 4 is 29.0 Å². The van der Waals surface area contributed by atoms with Crippen molar-refractivity contribution in [2.24, 2.45) is 0 Å². The van der Waals surface area contributed by atoms with Crippen LogP contribution >= 0.6 is 0 Å². The van der Waals surface area contributed by atoms with E-state index in [9.17, 15) is 4.79 Å². The zero-order valence-corrected chi connectivity index (χ0v) is 23.1. The van der Waals surface area contributed by atoms with E-state index >= 15 is 0 Å². The number of anilines is 2. The molecule has 0 radical (unpaired) electrons. The minimum Gasteiger partial charge on any atom is -0.497 e. The molecule has 3 aromatic carbocycles. The van der Waals surface area contributed by atoms with Gasteiger partial charge in [0.25, 0.3) is 0 Å². The summed E-state index contributed by atoms with van der Waals surface area (Å²) in [4.78, 5) is 22.5. The van der Waals surface area contributed by atoms with Crippen molar-refractivity contribution in [1.29, 1.82) is 0 Å². The third-order valence-corrected chi connectivity index (χ3v) is 7.46. The summed E-state index contributed by atoms with van der Waals surface area (Å²) in [7, 11) is 1.63. The normalized spacial score (nSPS) is 14.0. The minimum absolute atomic E-state index is 0.184. The van der Waals surface area contributed by atoms with Crippen molar-refractivity contribution in [2.75, 3.05) is 43.5 Å². The van der Waals surface area contributed by atoms with Crippen LogP contribution in [0, 0.1) is 0 Å². The number of carbonyl (C=O) groups excluding carboxylic acids is 1. The van der Waals surface area contributed by atoms with Gasteiger partial charge in [-0.1, -0.05) is 48.5 Å². The molecule has 0 saturated carbocycles. The van der Waals surface area contributed by atoms with E-state index in [-0.39, 0.29) is 5.91 Å². The zero-order chi connectivity index (χ0) is 28.0. The maximum Gasteiger partial charge on any atom is 0.248 e. The van der Waals surface area contributed by atoms with Crippen LogP contribution in [-0.2, 0) is 11.3 Å². The van der Waals surface area contributed by atoms with Crippen molar-refractivity contribution < 1.29 is 9.53 Å². The lowest BCUT2D eigenvalue weighted by Crippen LogP contribution is -2.46. The van der Waals surface area contributed by atoms with Crippen LogP contribution in [0.5, 0.6) is 5.75 Å². The Hall–Kier alpha value is -4.88. The molecule has 0 atom stereocenters. The summed E-state index contributed by atoms with van der Waals surface area (Å²) in [5, 5.41) is 2.95. The number of nitrogens with zero attached hydrogens (tertiary/aromatic N) is 4. The fourth-order valence-corrected chi connectivity index (χ4v) is 5.23. The molecular weight excluding hydrogens is 510 g/mol. The number of methoxy groups -OCH3 is 1. The second-order valence-corrected chi connectivity index (χ2v) is 10.1. The van der Waals surface area contributed by atoms with E-state index in [1.54, 1.807) is 13.2 Å². The van der Waals surface area contributed by atoms with Crippen LogP contribution in [0.3, 0.4) is 0 Å². The molecule has 1 N–H and O–H groups in total. The lowest BCUT2D eigenvalue weighted by Gasteiger charge is -2.36. The first-order valence-corrected chi connectivity index (χ1v) is 13.9. The van der Waals surface area contributed by atoms with Crippen LogP contribution in [0.2, 0.25) is 0 Å². The number of imidazole rings is 1. The Kier molecular flexibility index (Phi) is 7.78. The Bertz CT molecular complexity index is 1630. The number of hydrogen-bond acceptors (Lipinski definition) is 5. The number of fused-ring (bicyclic) bond motifs is 1. The average molecular weight is 544 g/mol. The lowest BCUT2D eigenvalue weighted by molar-refractivity contribution is -0.111. The SMILES string of the molecule is COc1ccc(/C=C/C(=O)Nc2ccc(-c3nc4ccccn4c3CN3CCN(c4ccccc4)CC3)cc2)cc1. The van der Waals surface area contributed by atoms with Gasteiger partial charge in [0.05, 0.1) is 18.5 Å². The van der Waals surface area contributed by atoms with Crippen molar-refractivity contribution in [3.05, 3.63) is 121 Å². The van der Waals surface area contributed by atoms with Gasteiger partial charge < -0.3 is 19.4 Å². The molecule has 0 spiro atoms. The molecule has 6 rings (SSSR count). The first-order valence-electron chi connectivity index (χ1n) is 13.9. The van der Waals surface area contributed by atoms with Gasteiger partial charge in [-0.3, -0.25) is 9.69 Å². The second kappa shape index (κ2) is 12.1. The number of pyridine rings is 1. The van der Waals surface area contributed by atoms with Crippen LogP contribution in [0.25, 0.3) is 23.0 Å². The molecule has 1 saturated heterocycles. The maximum atomic E-state index is 12.5. The summed E-state index contributed by atoms with van der Waals surface area (Å²) in [5.41, 5.74) is 7.05. The van der Waals surface area contributed by atoms with Gasteiger partial charge in [-0.05, 0) is 60.2 Å². The molecule has 7 heteroatoms. The van der Waals surface area contributed by atoms with Gasteiger partial charge >= 0.3 is 0 Å². The first kappa shape index (κ1) is 26.3. The Morgan fingerprint density at radius 3 is 2.34 bits per heavy atom. The van der Waals surface area contributed by atoms with Crippen molar-refractivity contribution in [2.45, 2.75) is 6.54 Å². The number of amides is 1. The van der Waals surface area contributed by atoms with E-state index in [0.717, 1.165) is 66.6 Å². The van der Waals surface area contributed by atoms with Gasteiger partial charge in [0.2, 0.25) is 5.91 Å². The number of piperazine rings is 1. The topological polar surface area (TPSA) is 62.1 Å². The number of ether oxygens (including phenoxy) is 1. The van der Waals surface area contributed by atoms with Gasteiger partial charge in [-0.25, -0.2) is 4.98 Å². The summed E-state index contributed by atoms with van der Waals surface area (Å²) in [6.45, 7) is 4.79. The molecule has 1 aliphatic heterocycles. The Morgan fingerprint density at radius 1 is 0.878 bits per heavy atom. The molecule has 3 heterocycles. The van der Waals surface area contributed by atoms with E-state index in [1.165, 1.54) is 17.5 Å². The minimum atomic E-state index is -0.184. The average Bonchev–Trinajstić information content (AvgIpc) is 3.39. The Labute approximate surface area is 240 Å². The fourth-order valence-electron chi connectivity index (χ4n) is 5.23. The number of nitrogens with one attached hydrogen (secondary N) is 1. The summed E-state index contributed by atoms with van der Waals surface area (Å²) >= 11 is 0. The van der Waals surface area contributed by atoms with E-state index in [4.69, 9.17) is 9.72 Å². The molecule has 5 aromatic rings. The monoisotopic (exact) mass is 543 g/mol. The van der Waals surface area contributed by atoms with Gasteiger partial charge in [-0.15, -0.1) is 0 Å². The molecule has 41 heavy (non-hydrogen) atoms. The van der Waals surface area contributed by atoms with Crippen LogP contribution in [0.15, 0.2) is 109 Å². The van der Waals surface area contributed by atoms with Crippen molar-refractivity contribution in [3.8, 4) is 17.0 Å². The quantitative estimate of drug-likeness (QED) is 0.244. The summed E-state index contributed by atoms with van der Waals surface area (Å²) in [6.07, 6.45) is 5.41. The smallest absolute Gasteiger partial charge is 0.248 e. The molecule has 1 amide bonds. The molecule has 2 aromatic heterocycles. The fraction of sp³-hybridized carbons (Fsp3) is 0.176. The van der Waals surface area contributed by atoms with Gasteiger partial charge in [0.1, 0.15) is 11.4 Å². The van der Waals surface area contributed by atoms with Crippen molar-refractivity contribution in [1.82, 2.24) is 14.3 Å². The highest BCUT2D eigenvalue weighted by atomic mass is 16.5. The predicted octanol–water partition coefficient (Wildman–Crippen LogP) is 5.98. The summed E-state index contributed by atoms with van der Waals surface area (Å²) in [6, 6.07) is 32.2.